The van der Waals surface area contributed by atoms with Crippen LogP contribution in [0.3, 0.4) is 0 Å². The van der Waals surface area contributed by atoms with Crippen molar-refractivity contribution in [3.8, 4) is 0 Å². The highest BCUT2D eigenvalue weighted by atomic mass is 35.5. The first kappa shape index (κ1) is 48.7. The zero-order valence-corrected chi connectivity index (χ0v) is 37.5. The van der Waals surface area contributed by atoms with Crippen molar-refractivity contribution in [2.24, 2.45) is 0 Å². The lowest BCUT2D eigenvalue weighted by Crippen LogP contribution is -3.00. The number of carbonyl (C=O) groups excluding carboxylic acids is 3. The van der Waals surface area contributed by atoms with Gasteiger partial charge in [0, 0.05) is 51.4 Å². The van der Waals surface area contributed by atoms with Crippen LogP contribution in [-0.2, 0) is 38.9 Å². The fourth-order valence-corrected chi connectivity index (χ4v) is 10.2. The maximum absolute atomic E-state index is 14.5. The van der Waals surface area contributed by atoms with Gasteiger partial charge in [-0.15, -0.1) is 0 Å². The molecule has 2 aromatic rings. The number of esters is 3. The highest BCUT2D eigenvalue weighted by Crippen LogP contribution is 2.47. The van der Waals surface area contributed by atoms with Crippen molar-refractivity contribution in [3.63, 3.8) is 0 Å². The Kier molecular flexibility index (Phi) is 20.7. The van der Waals surface area contributed by atoms with Gasteiger partial charge >= 0.3 is 17.9 Å². The Morgan fingerprint density at radius 1 is 0.593 bits per heavy atom. The topological polar surface area (TPSA) is 88.1 Å². The van der Waals surface area contributed by atoms with E-state index in [0.717, 1.165) is 44.9 Å². The Morgan fingerprint density at radius 3 is 1.42 bits per heavy atom. The summed E-state index contributed by atoms with van der Waals surface area (Å²) >= 11 is 0. The number of nitrogens with zero attached hydrogens (tertiary/aromatic N) is 1. The summed E-state index contributed by atoms with van der Waals surface area (Å²) in [6.07, 6.45) is 26.7. The van der Waals surface area contributed by atoms with E-state index in [1.807, 2.05) is 81.4 Å². The van der Waals surface area contributed by atoms with Crippen molar-refractivity contribution >= 4 is 17.9 Å². The van der Waals surface area contributed by atoms with E-state index in [4.69, 9.17) is 18.9 Å². The summed E-state index contributed by atoms with van der Waals surface area (Å²) in [6.45, 7) is 7.97. The van der Waals surface area contributed by atoms with Crippen LogP contribution in [0.25, 0.3) is 0 Å². The molecule has 59 heavy (non-hydrogen) atoms. The molecule has 3 aliphatic rings. The molecule has 0 N–H and O–H groups in total. The fraction of sp³-hybridized carbons (Fsp3) is 0.700. The van der Waals surface area contributed by atoms with Crippen LogP contribution >= 0.6 is 0 Å². The highest BCUT2D eigenvalue weighted by molar-refractivity contribution is 5.86. The number of halogens is 1. The molecule has 0 saturated carbocycles. The Bertz CT molecular complexity index is 1450. The molecule has 330 valence electrons. The van der Waals surface area contributed by atoms with Crippen molar-refractivity contribution < 1.29 is 50.2 Å². The van der Waals surface area contributed by atoms with Gasteiger partial charge in [-0.3, -0.25) is 9.59 Å². The molecular formula is C50H76ClNO7. The number of carbonyl (C=O) groups is 3. The van der Waals surface area contributed by atoms with E-state index in [9.17, 15) is 14.4 Å². The molecule has 2 aromatic carbocycles. The Balaban J connectivity index is 0.00000769. The molecule has 3 aliphatic heterocycles. The number of quaternary nitrogens is 1. The van der Waals surface area contributed by atoms with Gasteiger partial charge in [-0.1, -0.05) is 151 Å². The van der Waals surface area contributed by atoms with Gasteiger partial charge in [0.2, 0.25) is 5.60 Å². The van der Waals surface area contributed by atoms with Crippen molar-refractivity contribution in [1.29, 1.82) is 0 Å². The van der Waals surface area contributed by atoms with Crippen molar-refractivity contribution in [2.45, 2.75) is 204 Å². The summed E-state index contributed by atoms with van der Waals surface area (Å²) in [5, 5.41) is 0. The molecule has 2 bridgehead atoms. The Labute approximate surface area is 362 Å². The van der Waals surface area contributed by atoms with Crippen molar-refractivity contribution in [3.05, 3.63) is 71.8 Å². The fourth-order valence-electron chi connectivity index (χ4n) is 10.2. The monoisotopic (exact) mass is 838 g/mol. The Hall–Kier alpha value is -2.94. The predicted octanol–water partition coefficient (Wildman–Crippen LogP) is 8.66. The number of benzene rings is 2. The first-order valence-electron chi connectivity index (χ1n) is 23.3. The van der Waals surface area contributed by atoms with Gasteiger partial charge in [0.25, 0.3) is 0 Å². The minimum atomic E-state index is -1.55. The van der Waals surface area contributed by atoms with Gasteiger partial charge in [-0.05, 0) is 44.7 Å². The summed E-state index contributed by atoms with van der Waals surface area (Å²) in [4.78, 5) is 39.2. The molecule has 0 aromatic heterocycles. The molecule has 0 radical (unpaired) electrons. The molecule has 2 unspecified atom stereocenters. The van der Waals surface area contributed by atoms with Crippen molar-refractivity contribution in [1.82, 2.24) is 0 Å². The molecular weight excluding hydrogens is 762 g/mol. The number of hydrogen-bond donors (Lipinski definition) is 0. The van der Waals surface area contributed by atoms with Crippen LogP contribution in [0.15, 0.2) is 60.7 Å². The second-order valence-corrected chi connectivity index (χ2v) is 18.6. The number of piperidine rings is 1. The van der Waals surface area contributed by atoms with Crippen LogP contribution < -0.4 is 12.4 Å². The van der Waals surface area contributed by atoms with Crippen LogP contribution in [0.4, 0.5) is 0 Å². The lowest BCUT2D eigenvalue weighted by atomic mass is 9.85. The van der Waals surface area contributed by atoms with E-state index in [2.05, 4.69) is 0 Å². The van der Waals surface area contributed by atoms with E-state index >= 15 is 0 Å². The molecule has 8 nitrogen and oxygen atoms in total. The molecule has 3 fully saturated rings. The summed E-state index contributed by atoms with van der Waals surface area (Å²) in [7, 11) is 0. The van der Waals surface area contributed by atoms with Crippen LogP contribution in [-0.4, -0.2) is 66.1 Å². The quantitative estimate of drug-likeness (QED) is 0.0308. The van der Waals surface area contributed by atoms with E-state index < -0.39 is 11.6 Å². The summed E-state index contributed by atoms with van der Waals surface area (Å²) < 4.78 is 25.2. The molecule has 9 heteroatoms. The third-order valence-corrected chi connectivity index (χ3v) is 13.1. The highest BCUT2D eigenvalue weighted by Gasteiger charge is 2.57. The van der Waals surface area contributed by atoms with E-state index in [1.165, 1.54) is 114 Å². The standard InChI is InChI=1S/C50H76NO7.ClH/c1-49(2,3)58-47(53)33-25-17-15-13-11-9-7-5-4-6-8-10-12-14-16-24-32-46(52)55-40-56-50(41-28-20-18-21-29-41,42-30-22-19-23-31-42)48(54)57-45-38-43-34-35-44(39-45)51(43)36-26-27-37-51;/h18-23,28-31,43-45H,4-17,24-27,32-40H2,1-3H3;1H/q+1;/p-1. The molecule has 3 saturated heterocycles. The largest absolute Gasteiger partial charge is 1.00 e. The minimum absolute atomic E-state index is 0. The lowest BCUT2D eigenvalue weighted by molar-refractivity contribution is -0.956. The van der Waals surface area contributed by atoms with Crippen LogP contribution in [0.1, 0.15) is 186 Å². The predicted molar refractivity (Wildman–Crippen MR) is 230 cm³/mol. The van der Waals surface area contributed by atoms with Gasteiger partial charge in [0.1, 0.15) is 11.7 Å². The average molecular weight is 839 g/mol. The zero-order valence-electron chi connectivity index (χ0n) is 36.8. The van der Waals surface area contributed by atoms with E-state index in [0.29, 0.717) is 36.1 Å². The third-order valence-electron chi connectivity index (χ3n) is 13.1. The first-order valence-corrected chi connectivity index (χ1v) is 23.3. The lowest BCUT2D eigenvalue weighted by Gasteiger charge is -2.47. The summed E-state index contributed by atoms with van der Waals surface area (Å²) in [5.41, 5.74) is -0.599. The molecule has 2 atom stereocenters. The maximum Gasteiger partial charge on any atom is 0.348 e. The molecule has 0 amide bonds. The van der Waals surface area contributed by atoms with Gasteiger partial charge in [0.15, 0.2) is 6.79 Å². The average Bonchev–Trinajstić information content (AvgIpc) is 3.75. The number of ether oxygens (including phenoxy) is 4. The maximum atomic E-state index is 14.5. The Morgan fingerprint density at radius 2 is 1.00 bits per heavy atom. The van der Waals surface area contributed by atoms with Crippen molar-refractivity contribution in [2.75, 3.05) is 19.9 Å². The SMILES string of the molecule is CC(C)(C)OC(=O)CCCCCCCCCCCCCCCCCCC(=O)OCOC(C(=O)OC1CC2CCC(C1)[N+]21CCCC1)(c1ccccc1)c1ccccc1.[Cl-]. The molecule has 1 spiro atoms. The van der Waals surface area contributed by atoms with Crippen LogP contribution in [0, 0.1) is 0 Å². The van der Waals surface area contributed by atoms with E-state index in [1.54, 1.807) is 0 Å². The first-order chi connectivity index (χ1) is 28.1. The number of hydrogen-bond acceptors (Lipinski definition) is 7. The van der Waals surface area contributed by atoms with Crippen LogP contribution in [0.5, 0.6) is 0 Å². The second kappa shape index (κ2) is 25.1. The molecule has 0 aliphatic carbocycles. The third kappa shape index (κ3) is 14.9. The van der Waals surface area contributed by atoms with E-state index in [-0.39, 0.29) is 42.8 Å². The molecule has 3 heterocycles. The van der Waals surface area contributed by atoms with Gasteiger partial charge in [-0.25, -0.2) is 4.79 Å². The van der Waals surface area contributed by atoms with Gasteiger partial charge in [-0.2, -0.15) is 0 Å². The zero-order chi connectivity index (χ0) is 41.1. The summed E-state index contributed by atoms with van der Waals surface area (Å²) in [5.74, 6) is -0.808. The number of unbranched alkanes of at least 4 members (excludes halogenated alkanes) is 15. The van der Waals surface area contributed by atoms with Crippen LogP contribution in [0.2, 0.25) is 0 Å². The van der Waals surface area contributed by atoms with Gasteiger partial charge < -0.3 is 35.8 Å². The number of rotatable bonds is 26. The minimum Gasteiger partial charge on any atom is -1.00 e. The van der Waals surface area contributed by atoms with Gasteiger partial charge in [0.05, 0.1) is 25.2 Å². The normalized spacial score (nSPS) is 19.6. The second-order valence-electron chi connectivity index (χ2n) is 18.6. The molecule has 5 rings (SSSR count). The summed E-state index contributed by atoms with van der Waals surface area (Å²) in [6, 6.07) is 20.2. The smallest absolute Gasteiger partial charge is 0.348 e.